The van der Waals surface area contributed by atoms with E-state index in [2.05, 4.69) is 56.5 Å². The largest absolute Gasteiger partial charge is 0.496 e. The molecule has 1 aromatic carbocycles. The molecule has 2 rings (SSSR count). The number of aromatic nitrogens is 1. The van der Waals surface area contributed by atoms with Gasteiger partial charge in [0.05, 0.1) is 12.7 Å². The summed E-state index contributed by atoms with van der Waals surface area (Å²) >= 11 is 7.74. The molecule has 0 N–H and O–H groups in total. The third-order valence-electron chi connectivity index (χ3n) is 3.92. The molecule has 0 unspecified atom stereocenters. The van der Waals surface area contributed by atoms with Gasteiger partial charge in [-0.25, -0.2) is 0 Å². The summed E-state index contributed by atoms with van der Waals surface area (Å²) in [5.74, 6) is 0.834. The smallest absolute Gasteiger partial charge is 0.207 e. The fourth-order valence-corrected chi connectivity index (χ4v) is 3.60. The molecule has 0 saturated carbocycles. The van der Waals surface area contributed by atoms with E-state index in [0.29, 0.717) is 22.9 Å². The highest BCUT2D eigenvalue weighted by atomic mass is 35.5. The number of methoxy groups -OCH3 is 1. The molecule has 2 aromatic rings. The molecule has 0 fully saturated rings. The predicted molar refractivity (Wildman–Crippen MR) is 116 cm³/mol. The molecule has 28 heavy (non-hydrogen) atoms. The quantitative estimate of drug-likeness (QED) is 0.293. The van der Waals surface area contributed by atoms with Gasteiger partial charge in [-0.1, -0.05) is 44.0 Å². The predicted octanol–water partition coefficient (Wildman–Crippen LogP) is 5.30. The number of amidine groups is 1. The van der Waals surface area contributed by atoms with Gasteiger partial charge in [-0.05, 0) is 37.5 Å². The van der Waals surface area contributed by atoms with Crippen LogP contribution in [0.4, 0.5) is 0 Å². The maximum Gasteiger partial charge on any atom is 0.207 e. The Morgan fingerprint density at radius 2 is 2.07 bits per heavy atom. The van der Waals surface area contributed by atoms with Crippen molar-refractivity contribution in [2.75, 3.05) is 7.11 Å². The van der Waals surface area contributed by atoms with E-state index in [1.807, 2.05) is 6.19 Å². The van der Waals surface area contributed by atoms with Gasteiger partial charge in [0, 0.05) is 22.6 Å². The van der Waals surface area contributed by atoms with Crippen molar-refractivity contribution >= 4 is 28.8 Å². The topological polar surface area (TPSA) is 62.7 Å². The lowest BCUT2D eigenvalue weighted by molar-refractivity contribution is 0.414. The first-order chi connectivity index (χ1) is 13.2. The highest BCUT2D eigenvalue weighted by Gasteiger charge is 2.18. The zero-order chi connectivity index (χ0) is 20.9. The fourth-order valence-electron chi connectivity index (χ4n) is 2.36. The summed E-state index contributed by atoms with van der Waals surface area (Å²) < 4.78 is 7.48. The standard InChI is InChI=1S/C21H25ClN4OS/c1-14(2)9-10-26-12-18(21(3,4)5)28-20(26)25-19(24-13-23)16-11-15(22)7-8-17(16)27-6/h7-9,11-12H,10H2,1-6H3. The van der Waals surface area contributed by atoms with E-state index in [0.717, 1.165) is 4.80 Å². The van der Waals surface area contributed by atoms with E-state index < -0.39 is 0 Å². The maximum absolute atomic E-state index is 9.20. The summed E-state index contributed by atoms with van der Waals surface area (Å²) in [6.45, 7) is 11.3. The minimum absolute atomic E-state index is 0.00849. The van der Waals surface area contributed by atoms with Crippen LogP contribution < -0.4 is 9.54 Å². The molecule has 0 saturated heterocycles. The molecule has 1 heterocycles. The molecular weight excluding hydrogens is 392 g/mol. The van der Waals surface area contributed by atoms with Crippen LogP contribution in [-0.4, -0.2) is 17.5 Å². The van der Waals surface area contributed by atoms with E-state index in [4.69, 9.17) is 21.3 Å². The number of benzene rings is 1. The minimum atomic E-state index is -0.00849. The molecule has 0 aliphatic heterocycles. The average molecular weight is 417 g/mol. The summed E-state index contributed by atoms with van der Waals surface area (Å²) in [6.07, 6.45) is 6.09. The highest BCUT2D eigenvalue weighted by molar-refractivity contribution is 7.09. The van der Waals surface area contributed by atoms with Crippen molar-refractivity contribution in [2.24, 2.45) is 9.98 Å². The second kappa shape index (κ2) is 9.22. The minimum Gasteiger partial charge on any atom is -0.496 e. The zero-order valence-electron chi connectivity index (χ0n) is 17.1. The maximum atomic E-state index is 9.20. The van der Waals surface area contributed by atoms with Crippen LogP contribution in [0.25, 0.3) is 0 Å². The Morgan fingerprint density at radius 1 is 1.36 bits per heavy atom. The van der Waals surface area contributed by atoms with Gasteiger partial charge in [-0.3, -0.25) is 0 Å². The van der Waals surface area contributed by atoms with Gasteiger partial charge in [0.25, 0.3) is 0 Å². The molecule has 1 aromatic heterocycles. The molecule has 5 nitrogen and oxygen atoms in total. The van der Waals surface area contributed by atoms with Crippen LogP contribution in [0.5, 0.6) is 5.75 Å². The molecule has 7 heteroatoms. The van der Waals surface area contributed by atoms with Crippen LogP contribution in [0.1, 0.15) is 45.1 Å². The van der Waals surface area contributed by atoms with E-state index in [1.54, 1.807) is 36.6 Å². The monoisotopic (exact) mass is 416 g/mol. The molecule has 0 spiro atoms. The van der Waals surface area contributed by atoms with E-state index in [9.17, 15) is 5.26 Å². The van der Waals surface area contributed by atoms with Gasteiger partial charge in [-0.2, -0.15) is 15.2 Å². The Labute approximate surface area is 175 Å². The lowest BCUT2D eigenvalue weighted by atomic mass is 9.95. The number of allylic oxidation sites excluding steroid dienone is 2. The van der Waals surface area contributed by atoms with Gasteiger partial charge in [0.2, 0.25) is 6.19 Å². The number of nitriles is 1. The van der Waals surface area contributed by atoms with Gasteiger partial charge in [0.15, 0.2) is 10.6 Å². The Morgan fingerprint density at radius 3 is 2.64 bits per heavy atom. The van der Waals surface area contributed by atoms with Crippen LogP contribution >= 0.6 is 22.9 Å². The van der Waals surface area contributed by atoms with Crippen LogP contribution in [0, 0.1) is 11.5 Å². The van der Waals surface area contributed by atoms with Gasteiger partial charge in [-0.15, -0.1) is 11.3 Å². The number of rotatable bonds is 4. The first kappa shape index (κ1) is 21.9. The van der Waals surface area contributed by atoms with Crippen LogP contribution in [0.15, 0.2) is 46.0 Å². The lowest BCUT2D eigenvalue weighted by Crippen LogP contribution is -2.16. The van der Waals surface area contributed by atoms with E-state index >= 15 is 0 Å². The number of hydrogen-bond acceptors (Lipinski definition) is 4. The lowest BCUT2D eigenvalue weighted by Gasteiger charge is -2.14. The normalized spacial score (nSPS) is 12.6. The first-order valence-electron chi connectivity index (χ1n) is 8.85. The number of hydrogen-bond donors (Lipinski definition) is 0. The number of thiazole rings is 1. The van der Waals surface area contributed by atoms with Crippen molar-refractivity contribution in [2.45, 2.75) is 46.6 Å². The number of aliphatic imine (C=N–C) groups is 1. The Kier molecular flexibility index (Phi) is 7.22. The highest BCUT2D eigenvalue weighted by Crippen LogP contribution is 2.26. The second-order valence-electron chi connectivity index (χ2n) is 7.55. The Bertz CT molecular complexity index is 1010. The van der Waals surface area contributed by atoms with Crippen molar-refractivity contribution in [3.8, 4) is 11.9 Å². The molecule has 0 radical (unpaired) electrons. The SMILES string of the molecule is COc1ccc(Cl)cc1C(=NC#N)N=c1sc(C(C)(C)C)cn1CC=C(C)C. The third-order valence-corrected chi connectivity index (χ3v) is 5.60. The van der Waals surface area contributed by atoms with Crippen molar-refractivity contribution in [1.29, 1.82) is 5.26 Å². The van der Waals surface area contributed by atoms with Gasteiger partial charge < -0.3 is 9.30 Å². The van der Waals surface area contributed by atoms with E-state index in [1.165, 1.54) is 10.5 Å². The van der Waals surface area contributed by atoms with E-state index in [-0.39, 0.29) is 11.3 Å². The van der Waals surface area contributed by atoms with Gasteiger partial charge >= 0.3 is 0 Å². The van der Waals surface area contributed by atoms with Gasteiger partial charge in [0.1, 0.15) is 5.75 Å². The van der Waals surface area contributed by atoms with Crippen LogP contribution in [0.3, 0.4) is 0 Å². The van der Waals surface area contributed by atoms with Crippen LogP contribution in [-0.2, 0) is 12.0 Å². The van der Waals surface area contributed by atoms with Crippen molar-refractivity contribution < 1.29 is 4.74 Å². The number of nitrogens with zero attached hydrogens (tertiary/aromatic N) is 4. The summed E-state index contributed by atoms with van der Waals surface area (Å²) in [6, 6.07) is 5.18. The summed E-state index contributed by atoms with van der Waals surface area (Å²) in [4.78, 5) is 10.6. The molecular formula is C21H25ClN4OS. The van der Waals surface area contributed by atoms with Crippen molar-refractivity contribution in [3.05, 3.63) is 56.3 Å². The van der Waals surface area contributed by atoms with Crippen molar-refractivity contribution in [3.63, 3.8) is 0 Å². The molecule has 0 aliphatic carbocycles. The summed E-state index contributed by atoms with van der Waals surface area (Å²) in [5, 5.41) is 9.73. The Hall–Kier alpha value is -2.36. The molecule has 0 atom stereocenters. The molecule has 0 aliphatic rings. The number of ether oxygens (including phenoxy) is 1. The average Bonchev–Trinajstić information content (AvgIpc) is 3.03. The third kappa shape index (κ3) is 5.57. The van der Waals surface area contributed by atoms with Crippen molar-refractivity contribution in [1.82, 2.24) is 4.57 Å². The Balaban J connectivity index is 2.70. The second-order valence-corrected chi connectivity index (χ2v) is 9.00. The number of halogens is 1. The summed E-state index contributed by atoms with van der Waals surface area (Å²) in [5.41, 5.74) is 1.80. The summed E-state index contributed by atoms with van der Waals surface area (Å²) in [7, 11) is 1.56. The fraction of sp³-hybridized carbons (Fsp3) is 0.381. The van der Waals surface area contributed by atoms with Crippen LogP contribution in [0.2, 0.25) is 5.02 Å². The first-order valence-corrected chi connectivity index (χ1v) is 10.0. The molecule has 148 valence electrons. The molecule has 0 amide bonds. The zero-order valence-corrected chi connectivity index (χ0v) is 18.6. The molecule has 0 bridgehead atoms.